The molecule has 172 valence electrons. The Morgan fingerprint density at radius 1 is 1.29 bits per heavy atom. The molecule has 31 heavy (non-hydrogen) atoms. The minimum Gasteiger partial charge on any atom is -0.509 e. The summed E-state index contributed by atoms with van der Waals surface area (Å²) in [5.74, 6) is -0.508. The third kappa shape index (κ3) is 5.92. The maximum absolute atomic E-state index is 12.6. The fraction of sp³-hybridized carbons (Fsp3) is 0.524. The average molecular weight is 464 g/mol. The Labute approximate surface area is 183 Å². The van der Waals surface area contributed by atoms with Gasteiger partial charge in [-0.05, 0) is 56.7 Å². The molecule has 1 spiro atoms. The van der Waals surface area contributed by atoms with Crippen LogP contribution in [0.15, 0.2) is 17.9 Å². The zero-order valence-electron chi connectivity index (χ0n) is 17.4. The summed E-state index contributed by atoms with van der Waals surface area (Å²) in [5, 5.41) is 14.1. The van der Waals surface area contributed by atoms with Crippen molar-refractivity contribution in [1.82, 2.24) is 5.32 Å². The zero-order chi connectivity index (χ0) is 23.4. The number of ether oxygens (including phenoxy) is 2. The Bertz CT molecular complexity index is 838. The van der Waals surface area contributed by atoms with E-state index in [-0.39, 0.29) is 11.3 Å². The molecule has 2 aliphatic rings. The van der Waals surface area contributed by atoms with E-state index in [1.165, 1.54) is 7.11 Å². The summed E-state index contributed by atoms with van der Waals surface area (Å²) in [6.07, 6.45) is -3.68. The van der Waals surface area contributed by atoms with Crippen LogP contribution in [0.1, 0.15) is 42.4 Å². The van der Waals surface area contributed by atoms with Gasteiger partial charge in [0.1, 0.15) is 12.4 Å². The number of carbonyl (C=O) groups excluding carboxylic acids is 2. The van der Waals surface area contributed by atoms with Gasteiger partial charge in [0.15, 0.2) is 0 Å². The van der Waals surface area contributed by atoms with Crippen LogP contribution in [0.3, 0.4) is 0 Å². The molecule has 1 fully saturated rings. The first-order valence-electron chi connectivity index (χ1n) is 9.62. The number of hydrogen-bond acceptors (Lipinski definition) is 5. The number of halogens is 4. The van der Waals surface area contributed by atoms with Gasteiger partial charge in [-0.15, -0.1) is 0 Å². The Morgan fingerprint density at radius 3 is 2.35 bits per heavy atom. The number of aryl methyl sites for hydroxylation is 2. The molecule has 6 nitrogen and oxygen atoms in total. The molecule has 10 heteroatoms. The van der Waals surface area contributed by atoms with Crippen LogP contribution < -0.4 is 5.32 Å². The Kier molecular flexibility index (Phi) is 7.99. The van der Waals surface area contributed by atoms with Crippen LogP contribution in [-0.4, -0.2) is 49.0 Å². The first-order chi connectivity index (χ1) is 14.4. The van der Waals surface area contributed by atoms with Crippen LogP contribution >= 0.6 is 11.6 Å². The summed E-state index contributed by atoms with van der Waals surface area (Å²) in [5.41, 5.74) is 1.38. The number of carbonyl (C=O) groups is 2. The predicted octanol–water partition coefficient (Wildman–Crippen LogP) is 4.41. The lowest BCUT2D eigenvalue weighted by molar-refractivity contribution is -0.188. The highest BCUT2D eigenvalue weighted by Crippen LogP contribution is 2.44. The lowest BCUT2D eigenvalue weighted by atomic mass is 9.79. The topological polar surface area (TPSA) is 84.9 Å². The maximum Gasteiger partial charge on any atom is 0.411 e. The number of benzene rings is 1. The van der Waals surface area contributed by atoms with Crippen molar-refractivity contribution >= 4 is 29.6 Å². The number of methoxy groups -OCH3 is 1. The lowest BCUT2D eigenvalue weighted by Gasteiger charge is -2.37. The molecule has 1 aromatic rings. The third-order valence-corrected chi connectivity index (χ3v) is 5.61. The molecule has 0 radical (unpaired) electrons. The van der Waals surface area contributed by atoms with Crippen molar-refractivity contribution in [3.05, 3.63) is 39.6 Å². The van der Waals surface area contributed by atoms with E-state index in [2.05, 4.69) is 10.1 Å². The van der Waals surface area contributed by atoms with Gasteiger partial charge >= 0.3 is 6.18 Å². The van der Waals surface area contributed by atoms with Gasteiger partial charge < -0.3 is 19.9 Å². The highest BCUT2D eigenvalue weighted by Gasteiger charge is 2.48. The SMILES string of the molecule is COC=O.Cc1cc(C)c(C2=C(O)C3(CCC(OCC(F)(F)F)CC3)NC2=O)c(Cl)c1. The molecule has 1 aromatic carbocycles. The fourth-order valence-electron chi connectivity index (χ4n) is 3.98. The minimum atomic E-state index is -4.37. The number of amides is 1. The summed E-state index contributed by atoms with van der Waals surface area (Å²) >= 11 is 6.33. The van der Waals surface area contributed by atoms with Crippen LogP contribution in [0.4, 0.5) is 13.2 Å². The second-order valence-corrected chi connectivity index (χ2v) is 8.06. The number of aliphatic hydroxyl groups excluding tert-OH is 1. The molecule has 0 atom stereocenters. The summed E-state index contributed by atoms with van der Waals surface area (Å²) in [4.78, 5) is 21.6. The summed E-state index contributed by atoms with van der Waals surface area (Å²) in [7, 11) is 1.31. The van der Waals surface area contributed by atoms with Crippen molar-refractivity contribution in [3.8, 4) is 0 Å². The molecule has 1 saturated carbocycles. The second-order valence-electron chi connectivity index (χ2n) is 7.66. The number of nitrogens with one attached hydrogen (secondary N) is 1. The summed E-state index contributed by atoms with van der Waals surface area (Å²) in [6.45, 7) is 2.78. The zero-order valence-corrected chi connectivity index (χ0v) is 18.2. The van der Waals surface area contributed by atoms with E-state index in [0.717, 1.165) is 11.1 Å². The molecule has 3 rings (SSSR count). The Hall–Kier alpha value is -2.26. The Morgan fingerprint density at radius 2 is 1.87 bits per heavy atom. The largest absolute Gasteiger partial charge is 0.509 e. The van der Waals surface area contributed by atoms with E-state index >= 15 is 0 Å². The van der Waals surface area contributed by atoms with E-state index in [1.807, 2.05) is 19.9 Å². The summed E-state index contributed by atoms with van der Waals surface area (Å²) in [6, 6.07) is 3.60. The van der Waals surface area contributed by atoms with Crippen LogP contribution in [0.25, 0.3) is 5.57 Å². The van der Waals surface area contributed by atoms with Crippen molar-refractivity contribution in [3.63, 3.8) is 0 Å². The predicted molar refractivity (Wildman–Crippen MR) is 109 cm³/mol. The number of alkyl halides is 3. The molecular formula is C21H25ClF3NO5. The quantitative estimate of drug-likeness (QED) is 0.646. The highest BCUT2D eigenvalue weighted by atomic mass is 35.5. The van der Waals surface area contributed by atoms with Crippen LogP contribution in [0.2, 0.25) is 5.02 Å². The third-order valence-electron chi connectivity index (χ3n) is 5.32. The molecule has 1 amide bonds. The van der Waals surface area contributed by atoms with E-state index < -0.39 is 30.3 Å². The maximum atomic E-state index is 12.6. The van der Waals surface area contributed by atoms with E-state index in [9.17, 15) is 23.1 Å². The lowest BCUT2D eigenvalue weighted by Crippen LogP contribution is -2.48. The first kappa shape index (κ1) is 25.0. The van der Waals surface area contributed by atoms with Gasteiger partial charge in [-0.3, -0.25) is 9.59 Å². The minimum absolute atomic E-state index is 0.0874. The van der Waals surface area contributed by atoms with E-state index in [1.54, 1.807) is 6.07 Å². The van der Waals surface area contributed by atoms with Crippen molar-refractivity contribution < 1.29 is 37.3 Å². The molecule has 0 bridgehead atoms. The normalized spacial score (nSPS) is 23.3. The van der Waals surface area contributed by atoms with Crippen LogP contribution in [-0.2, 0) is 19.1 Å². The Balaban J connectivity index is 0.000000785. The standard InChI is InChI=1S/C19H21ClF3NO3.C2H4O2/c1-10-7-11(2)14(13(20)8-10)15-16(25)18(24-17(15)26)5-3-12(4-6-18)27-9-19(21,22)23;1-4-2-3/h7-8,12,25H,3-6,9H2,1-2H3,(H,24,26);2H,1H3. The molecule has 1 aliphatic heterocycles. The van der Waals surface area contributed by atoms with Crippen molar-refractivity contribution in [2.75, 3.05) is 13.7 Å². The molecule has 0 saturated heterocycles. The van der Waals surface area contributed by atoms with Crippen molar-refractivity contribution in [2.24, 2.45) is 0 Å². The van der Waals surface area contributed by atoms with Gasteiger partial charge in [0.05, 0.1) is 24.3 Å². The van der Waals surface area contributed by atoms with Gasteiger partial charge in [0, 0.05) is 10.6 Å². The van der Waals surface area contributed by atoms with Gasteiger partial charge in [0.2, 0.25) is 0 Å². The van der Waals surface area contributed by atoms with Gasteiger partial charge in [0.25, 0.3) is 12.4 Å². The van der Waals surface area contributed by atoms with Gasteiger partial charge in [-0.2, -0.15) is 13.2 Å². The number of hydrogen-bond donors (Lipinski definition) is 2. The monoisotopic (exact) mass is 463 g/mol. The molecule has 2 N–H and O–H groups in total. The van der Waals surface area contributed by atoms with Crippen molar-refractivity contribution in [2.45, 2.75) is 57.3 Å². The summed E-state index contributed by atoms with van der Waals surface area (Å²) < 4.78 is 45.7. The molecule has 0 unspecified atom stereocenters. The molecular weight excluding hydrogens is 439 g/mol. The van der Waals surface area contributed by atoms with E-state index in [4.69, 9.17) is 21.1 Å². The smallest absolute Gasteiger partial charge is 0.411 e. The van der Waals surface area contributed by atoms with Crippen molar-refractivity contribution in [1.29, 1.82) is 0 Å². The highest BCUT2D eigenvalue weighted by molar-refractivity contribution is 6.36. The van der Waals surface area contributed by atoms with Gasteiger partial charge in [-0.1, -0.05) is 17.7 Å². The van der Waals surface area contributed by atoms with Gasteiger partial charge in [-0.25, -0.2) is 0 Å². The second kappa shape index (κ2) is 9.91. The molecule has 1 heterocycles. The fourth-order valence-corrected chi connectivity index (χ4v) is 4.39. The van der Waals surface area contributed by atoms with Crippen LogP contribution in [0.5, 0.6) is 0 Å². The number of aliphatic hydroxyl groups is 1. The van der Waals surface area contributed by atoms with E-state index in [0.29, 0.717) is 42.7 Å². The molecule has 0 aromatic heterocycles. The number of rotatable bonds is 4. The molecule has 1 aliphatic carbocycles. The average Bonchev–Trinajstić information content (AvgIpc) is 2.91. The first-order valence-corrected chi connectivity index (χ1v) is 10.00. The van der Waals surface area contributed by atoms with Crippen LogP contribution in [0, 0.1) is 13.8 Å².